The number of esters is 1. The molecule has 0 spiro atoms. The highest BCUT2D eigenvalue weighted by molar-refractivity contribution is 5.96. The van der Waals surface area contributed by atoms with Crippen molar-refractivity contribution in [3.05, 3.63) is 35.1 Å². The van der Waals surface area contributed by atoms with Crippen molar-refractivity contribution < 1.29 is 23.8 Å². The standard InChI is InChI=1S/C12H14FNO4/c1-7-5-8(3-4-9(7)13)11(16)14-10(6-15)12(17)18-2/h3-5,10,15H,6H2,1-2H3,(H,14,16)/t10-/m1/s1. The predicted octanol–water partition coefficient (Wildman–Crippen LogP) is 0.398. The lowest BCUT2D eigenvalue weighted by Gasteiger charge is -2.14. The molecular weight excluding hydrogens is 241 g/mol. The summed E-state index contributed by atoms with van der Waals surface area (Å²) >= 11 is 0. The smallest absolute Gasteiger partial charge is 0.330 e. The Bertz CT molecular complexity index is 461. The summed E-state index contributed by atoms with van der Waals surface area (Å²) < 4.78 is 17.4. The molecule has 2 N–H and O–H groups in total. The van der Waals surface area contributed by atoms with Crippen LogP contribution in [0, 0.1) is 12.7 Å². The maximum atomic E-state index is 13.0. The summed E-state index contributed by atoms with van der Waals surface area (Å²) in [6, 6.07) is 2.68. The van der Waals surface area contributed by atoms with Crippen molar-refractivity contribution in [2.75, 3.05) is 13.7 Å². The first kappa shape index (κ1) is 14.1. The Kier molecular flexibility index (Phi) is 4.79. The molecule has 5 nitrogen and oxygen atoms in total. The van der Waals surface area contributed by atoms with Crippen molar-refractivity contribution in [1.82, 2.24) is 5.32 Å². The van der Waals surface area contributed by atoms with Crippen molar-refractivity contribution in [1.29, 1.82) is 0 Å². The average Bonchev–Trinajstić information content (AvgIpc) is 2.37. The molecule has 0 aliphatic carbocycles. The maximum absolute atomic E-state index is 13.0. The normalized spacial score (nSPS) is 11.8. The Labute approximate surface area is 104 Å². The second-order valence-electron chi connectivity index (χ2n) is 3.70. The van der Waals surface area contributed by atoms with Crippen LogP contribution in [0.1, 0.15) is 15.9 Å². The van der Waals surface area contributed by atoms with Crippen LogP contribution in [0.4, 0.5) is 4.39 Å². The number of aliphatic hydroxyl groups is 1. The van der Waals surface area contributed by atoms with Gasteiger partial charge < -0.3 is 15.2 Å². The third kappa shape index (κ3) is 3.27. The van der Waals surface area contributed by atoms with E-state index in [4.69, 9.17) is 5.11 Å². The van der Waals surface area contributed by atoms with E-state index < -0.39 is 30.3 Å². The van der Waals surface area contributed by atoms with Crippen molar-refractivity contribution in [3.63, 3.8) is 0 Å². The molecule has 1 atom stereocenters. The number of amides is 1. The van der Waals surface area contributed by atoms with E-state index in [-0.39, 0.29) is 5.56 Å². The lowest BCUT2D eigenvalue weighted by atomic mass is 10.1. The molecule has 0 aliphatic rings. The van der Waals surface area contributed by atoms with Crippen LogP contribution >= 0.6 is 0 Å². The fourth-order valence-corrected chi connectivity index (χ4v) is 1.35. The van der Waals surface area contributed by atoms with Gasteiger partial charge in [-0.05, 0) is 30.7 Å². The van der Waals surface area contributed by atoms with Crippen molar-refractivity contribution in [3.8, 4) is 0 Å². The van der Waals surface area contributed by atoms with Crippen LogP contribution in [0.3, 0.4) is 0 Å². The maximum Gasteiger partial charge on any atom is 0.330 e. The van der Waals surface area contributed by atoms with Gasteiger partial charge in [-0.15, -0.1) is 0 Å². The Balaban J connectivity index is 2.81. The van der Waals surface area contributed by atoms with Crippen LogP contribution in [0.25, 0.3) is 0 Å². The molecule has 0 saturated carbocycles. The van der Waals surface area contributed by atoms with Gasteiger partial charge in [0.25, 0.3) is 5.91 Å². The van der Waals surface area contributed by atoms with Crippen LogP contribution < -0.4 is 5.32 Å². The summed E-state index contributed by atoms with van der Waals surface area (Å²) in [7, 11) is 1.15. The molecule has 1 amide bonds. The molecule has 0 saturated heterocycles. The van der Waals surface area contributed by atoms with Crippen LogP contribution in [-0.2, 0) is 9.53 Å². The summed E-state index contributed by atoms with van der Waals surface area (Å²) in [5.41, 5.74) is 0.525. The minimum atomic E-state index is -1.13. The van der Waals surface area contributed by atoms with Gasteiger partial charge in [0.05, 0.1) is 13.7 Å². The lowest BCUT2D eigenvalue weighted by Crippen LogP contribution is -2.44. The number of aliphatic hydroxyl groups excluding tert-OH is 1. The summed E-state index contributed by atoms with van der Waals surface area (Å²) in [6.45, 7) is 0.953. The first-order valence-corrected chi connectivity index (χ1v) is 5.25. The highest BCUT2D eigenvalue weighted by Crippen LogP contribution is 2.09. The van der Waals surface area contributed by atoms with Gasteiger partial charge in [0.15, 0.2) is 6.04 Å². The van der Waals surface area contributed by atoms with Gasteiger partial charge in [0, 0.05) is 5.56 Å². The molecule has 0 bridgehead atoms. The number of carbonyl (C=O) groups excluding carboxylic acids is 2. The number of rotatable bonds is 4. The molecular formula is C12H14FNO4. The highest BCUT2D eigenvalue weighted by Gasteiger charge is 2.21. The largest absolute Gasteiger partial charge is 0.467 e. The van der Waals surface area contributed by atoms with E-state index in [1.54, 1.807) is 0 Å². The molecule has 18 heavy (non-hydrogen) atoms. The Hall–Kier alpha value is -1.95. The van der Waals surface area contributed by atoms with E-state index in [2.05, 4.69) is 10.1 Å². The molecule has 1 rings (SSSR count). The number of aryl methyl sites for hydroxylation is 1. The molecule has 0 aliphatic heterocycles. The fourth-order valence-electron chi connectivity index (χ4n) is 1.35. The number of ether oxygens (including phenoxy) is 1. The number of benzene rings is 1. The zero-order valence-corrected chi connectivity index (χ0v) is 10.1. The number of halogens is 1. The first-order valence-electron chi connectivity index (χ1n) is 5.25. The number of carbonyl (C=O) groups is 2. The lowest BCUT2D eigenvalue weighted by molar-refractivity contribution is -0.143. The molecule has 6 heteroatoms. The average molecular weight is 255 g/mol. The van der Waals surface area contributed by atoms with Crippen LogP contribution in [0.5, 0.6) is 0 Å². The van der Waals surface area contributed by atoms with Crippen LogP contribution in [0.2, 0.25) is 0 Å². The molecule has 0 aromatic heterocycles. The topological polar surface area (TPSA) is 75.6 Å². The number of nitrogens with one attached hydrogen (secondary N) is 1. The van der Waals surface area contributed by atoms with Gasteiger partial charge >= 0.3 is 5.97 Å². The van der Waals surface area contributed by atoms with Crippen molar-refractivity contribution in [2.24, 2.45) is 0 Å². The molecule has 0 unspecified atom stereocenters. The second kappa shape index (κ2) is 6.11. The Morgan fingerprint density at radius 1 is 1.50 bits per heavy atom. The number of methoxy groups -OCH3 is 1. The minimum Gasteiger partial charge on any atom is -0.467 e. The van der Waals surface area contributed by atoms with E-state index in [1.807, 2.05) is 0 Å². The first-order chi connectivity index (χ1) is 8.49. The molecule has 0 fully saturated rings. The SMILES string of the molecule is COC(=O)[C@@H](CO)NC(=O)c1ccc(F)c(C)c1. The van der Waals surface area contributed by atoms with Gasteiger partial charge in [-0.1, -0.05) is 0 Å². The molecule has 98 valence electrons. The summed E-state index contributed by atoms with van der Waals surface area (Å²) in [5, 5.41) is 11.2. The quantitative estimate of drug-likeness (QED) is 0.763. The number of hydrogen-bond donors (Lipinski definition) is 2. The zero-order valence-electron chi connectivity index (χ0n) is 10.1. The summed E-state index contributed by atoms with van der Waals surface area (Å²) in [5.74, 6) is -1.74. The van der Waals surface area contributed by atoms with Gasteiger partial charge in [0.1, 0.15) is 5.82 Å². The van der Waals surface area contributed by atoms with E-state index in [9.17, 15) is 14.0 Å². The monoisotopic (exact) mass is 255 g/mol. The molecule has 1 aromatic rings. The third-order valence-electron chi connectivity index (χ3n) is 2.39. The van der Waals surface area contributed by atoms with Gasteiger partial charge in [-0.2, -0.15) is 0 Å². The van der Waals surface area contributed by atoms with E-state index in [0.29, 0.717) is 5.56 Å². The zero-order chi connectivity index (χ0) is 13.7. The third-order valence-corrected chi connectivity index (χ3v) is 2.39. The Morgan fingerprint density at radius 3 is 2.67 bits per heavy atom. The highest BCUT2D eigenvalue weighted by atomic mass is 19.1. The van der Waals surface area contributed by atoms with E-state index >= 15 is 0 Å². The van der Waals surface area contributed by atoms with Crippen LogP contribution in [0.15, 0.2) is 18.2 Å². The second-order valence-corrected chi connectivity index (χ2v) is 3.70. The minimum absolute atomic E-state index is 0.205. The van der Waals surface area contributed by atoms with E-state index in [0.717, 1.165) is 13.2 Å². The molecule has 0 radical (unpaired) electrons. The fraction of sp³-hybridized carbons (Fsp3) is 0.333. The molecule has 0 heterocycles. The van der Waals surface area contributed by atoms with Gasteiger partial charge in [-0.25, -0.2) is 9.18 Å². The Morgan fingerprint density at radius 2 is 2.17 bits per heavy atom. The van der Waals surface area contributed by atoms with Crippen LogP contribution in [-0.4, -0.2) is 36.7 Å². The van der Waals surface area contributed by atoms with Crippen molar-refractivity contribution >= 4 is 11.9 Å². The summed E-state index contributed by atoms with van der Waals surface area (Å²) in [4.78, 5) is 22.9. The van der Waals surface area contributed by atoms with Crippen molar-refractivity contribution in [2.45, 2.75) is 13.0 Å². The van der Waals surface area contributed by atoms with Gasteiger partial charge in [-0.3, -0.25) is 4.79 Å². The predicted molar refractivity (Wildman–Crippen MR) is 61.5 cm³/mol. The number of hydrogen-bond acceptors (Lipinski definition) is 4. The molecule has 1 aromatic carbocycles. The van der Waals surface area contributed by atoms with Gasteiger partial charge in [0.2, 0.25) is 0 Å². The van der Waals surface area contributed by atoms with E-state index in [1.165, 1.54) is 19.1 Å². The summed E-state index contributed by atoms with van der Waals surface area (Å²) in [6.07, 6.45) is 0.